The SMILES string of the molecule is Cc1cc(C)cc(COC(=O)N2CCn3nc(C(=O)O)c(Cl)c3C2)c1. The molecule has 0 atom stereocenters. The van der Waals surface area contributed by atoms with Crippen molar-refractivity contribution in [2.75, 3.05) is 6.54 Å². The number of carboxylic acid groups (broad SMARTS) is 1. The van der Waals surface area contributed by atoms with Crippen molar-refractivity contribution >= 4 is 23.7 Å². The molecule has 0 radical (unpaired) electrons. The quantitative estimate of drug-likeness (QED) is 0.906. The predicted octanol–water partition coefficient (Wildman–Crippen LogP) is 3.00. The van der Waals surface area contributed by atoms with Gasteiger partial charge < -0.3 is 14.7 Å². The van der Waals surface area contributed by atoms with Crippen LogP contribution in [0.1, 0.15) is 32.9 Å². The Morgan fingerprint density at radius 1 is 1.24 bits per heavy atom. The molecule has 0 saturated heterocycles. The monoisotopic (exact) mass is 363 g/mol. The molecule has 0 spiro atoms. The number of hydrogen-bond donors (Lipinski definition) is 1. The highest BCUT2D eigenvalue weighted by Crippen LogP contribution is 2.25. The molecule has 1 aromatic heterocycles. The lowest BCUT2D eigenvalue weighted by atomic mass is 10.1. The van der Waals surface area contributed by atoms with E-state index in [1.54, 1.807) is 0 Å². The van der Waals surface area contributed by atoms with Gasteiger partial charge in [0.2, 0.25) is 0 Å². The van der Waals surface area contributed by atoms with Gasteiger partial charge in [-0.2, -0.15) is 5.10 Å². The first-order chi connectivity index (χ1) is 11.8. The first kappa shape index (κ1) is 17.3. The average molecular weight is 364 g/mol. The number of carbonyl (C=O) groups is 2. The van der Waals surface area contributed by atoms with Gasteiger partial charge in [0.25, 0.3) is 0 Å². The molecule has 0 aliphatic carbocycles. The van der Waals surface area contributed by atoms with E-state index in [-0.39, 0.29) is 23.9 Å². The summed E-state index contributed by atoms with van der Waals surface area (Å²) in [4.78, 5) is 24.9. The van der Waals surface area contributed by atoms with Gasteiger partial charge in [-0.05, 0) is 19.4 Å². The van der Waals surface area contributed by atoms with Crippen LogP contribution >= 0.6 is 11.6 Å². The fourth-order valence-electron chi connectivity index (χ4n) is 2.97. The molecule has 1 aliphatic rings. The Hall–Kier alpha value is -2.54. The minimum absolute atomic E-state index is 0.0688. The van der Waals surface area contributed by atoms with Gasteiger partial charge in [-0.1, -0.05) is 40.9 Å². The molecule has 0 unspecified atom stereocenters. The zero-order valence-corrected chi connectivity index (χ0v) is 14.7. The van der Waals surface area contributed by atoms with Crippen molar-refractivity contribution in [3.05, 3.63) is 51.3 Å². The fraction of sp³-hybridized carbons (Fsp3) is 0.353. The number of aromatic carboxylic acids is 1. The third-order valence-electron chi connectivity index (χ3n) is 4.02. The van der Waals surface area contributed by atoms with Gasteiger partial charge >= 0.3 is 12.1 Å². The number of halogens is 1. The molecular weight excluding hydrogens is 346 g/mol. The Labute approximate surface area is 149 Å². The number of hydrogen-bond acceptors (Lipinski definition) is 4. The highest BCUT2D eigenvalue weighted by atomic mass is 35.5. The summed E-state index contributed by atoms with van der Waals surface area (Å²) in [6, 6.07) is 6.00. The summed E-state index contributed by atoms with van der Waals surface area (Å²) in [7, 11) is 0. The van der Waals surface area contributed by atoms with Gasteiger partial charge in [0.1, 0.15) is 6.61 Å². The Morgan fingerprint density at radius 3 is 2.56 bits per heavy atom. The predicted molar refractivity (Wildman–Crippen MR) is 90.7 cm³/mol. The number of aryl methyl sites for hydroxylation is 2. The topological polar surface area (TPSA) is 84.7 Å². The van der Waals surface area contributed by atoms with Gasteiger partial charge in [-0.3, -0.25) is 4.68 Å². The molecule has 8 heteroatoms. The number of carbonyl (C=O) groups excluding carboxylic acids is 1. The molecular formula is C17H18ClN3O4. The molecule has 1 N–H and O–H groups in total. The van der Waals surface area contributed by atoms with E-state index >= 15 is 0 Å². The minimum atomic E-state index is -1.18. The van der Waals surface area contributed by atoms with Crippen molar-refractivity contribution in [3.63, 3.8) is 0 Å². The zero-order chi connectivity index (χ0) is 18.1. The number of ether oxygens (including phenoxy) is 1. The zero-order valence-electron chi connectivity index (χ0n) is 14.0. The lowest BCUT2D eigenvalue weighted by Gasteiger charge is -2.27. The Balaban J connectivity index is 1.67. The van der Waals surface area contributed by atoms with Gasteiger partial charge in [0.15, 0.2) is 5.69 Å². The number of aromatic nitrogens is 2. The van der Waals surface area contributed by atoms with E-state index in [1.165, 1.54) is 9.58 Å². The molecule has 7 nitrogen and oxygen atoms in total. The van der Waals surface area contributed by atoms with Crippen LogP contribution in [0, 0.1) is 13.8 Å². The van der Waals surface area contributed by atoms with Crippen LogP contribution in [0.4, 0.5) is 4.79 Å². The lowest BCUT2D eigenvalue weighted by molar-refractivity contribution is 0.0687. The molecule has 25 heavy (non-hydrogen) atoms. The van der Waals surface area contributed by atoms with Gasteiger partial charge in [-0.15, -0.1) is 0 Å². The van der Waals surface area contributed by atoms with Crippen molar-refractivity contribution < 1.29 is 19.4 Å². The van der Waals surface area contributed by atoms with Crippen LogP contribution in [0.15, 0.2) is 18.2 Å². The highest BCUT2D eigenvalue weighted by Gasteiger charge is 2.28. The minimum Gasteiger partial charge on any atom is -0.476 e. The summed E-state index contributed by atoms with van der Waals surface area (Å²) in [5, 5.41) is 13.1. The molecule has 2 heterocycles. The number of benzene rings is 1. The Bertz CT molecular complexity index is 826. The van der Waals surface area contributed by atoms with Crippen LogP contribution in [0.2, 0.25) is 5.02 Å². The van der Waals surface area contributed by atoms with Crippen LogP contribution < -0.4 is 0 Å². The third kappa shape index (κ3) is 3.61. The molecule has 132 valence electrons. The Kier molecular flexibility index (Phi) is 4.67. The maximum Gasteiger partial charge on any atom is 0.410 e. The number of fused-ring (bicyclic) bond motifs is 1. The average Bonchev–Trinajstić information content (AvgIpc) is 2.88. The number of nitrogens with zero attached hydrogens (tertiary/aromatic N) is 3. The molecule has 1 aromatic carbocycles. The van der Waals surface area contributed by atoms with E-state index in [1.807, 2.05) is 26.0 Å². The maximum absolute atomic E-state index is 12.3. The van der Waals surface area contributed by atoms with E-state index in [2.05, 4.69) is 11.2 Å². The summed E-state index contributed by atoms with van der Waals surface area (Å²) in [6.07, 6.45) is -0.459. The largest absolute Gasteiger partial charge is 0.476 e. The molecule has 0 saturated carbocycles. The van der Waals surface area contributed by atoms with Crippen molar-refractivity contribution in [3.8, 4) is 0 Å². The van der Waals surface area contributed by atoms with Crippen LogP contribution in [0.3, 0.4) is 0 Å². The normalized spacial score (nSPS) is 13.5. The maximum atomic E-state index is 12.3. The van der Waals surface area contributed by atoms with Crippen molar-refractivity contribution in [1.82, 2.24) is 14.7 Å². The van der Waals surface area contributed by atoms with Crippen LogP contribution in [0.5, 0.6) is 0 Å². The number of amides is 1. The molecule has 0 bridgehead atoms. The first-order valence-corrected chi connectivity index (χ1v) is 8.20. The second-order valence-corrected chi connectivity index (χ2v) is 6.49. The van der Waals surface area contributed by atoms with E-state index in [0.717, 1.165) is 16.7 Å². The third-order valence-corrected chi connectivity index (χ3v) is 4.42. The van der Waals surface area contributed by atoms with Gasteiger partial charge in [0.05, 0.1) is 23.8 Å². The summed E-state index contributed by atoms with van der Waals surface area (Å²) in [6.45, 7) is 5.10. The molecule has 3 rings (SSSR count). The summed E-state index contributed by atoms with van der Waals surface area (Å²) in [5.41, 5.74) is 3.47. The fourth-order valence-corrected chi connectivity index (χ4v) is 3.24. The number of carboxylic acids is 1. The van der Waals surface area contributed by atoms with Crippen molar-refractivity contribution in [1.29, 1.82) is 0 Å². The summed E-state index contributed by atoms with van der Waals surface area (Å²) >= 11 is 6.07. The summed E-state index contributed by atoms with van der Waals surface area (Å²) < 4.78 is 6.91. The smallest absolute Gasteiger partial charge is 0.410 e. The van der Waals surface area contributed by atoms with E-state index in [4.69, 9.17) is 21.4 Å². The van der Waals surface area contributed by atoms with Crippen molar-refractivity contribution in [2.24, 2.45) is 0 Å². The van der Waals surface area contributed by atoms with Crippen LogP contribution in [-0.2, 0) is 24.4 Å². The highest BCUT2D eigenvalue weighted by molar-refractivity contribution is 6.33. The van der Waals surface area contributed by atoms with E-state index < -0.39 is 12.1 Å². The van der Waals surface area contributed by atoms with E-state index in [0.29, 0.717) is 18.8 Å². The first-order valence-electron chi connectivity index (χ1n) is 7.82. The van der Waals surface area contributed by atoms with Crippen molar-refractivity contribution in [2.45, 2.75) is 33.5 Å². The molecule has 2 aromatic rings. The van der Waals surface area contributed by atoms with Crippen LogP contribution in [0.25, 0.3) is 0 Å². The molecule has 1 aliphatic heterocycles. The van der Waals surface area contributed by atoms with E-state index in [9.17, 15) is 9.59 Å². The van der Waals surface area contributed by atoms with Crippen LogP contribution in [-0.4, -0.2) is 38.4 Å². The van der Waals surface area contributed by atoms with Gasteiger partial charge in [0, 0.05) is 6.54 Å². The standard InChI is InChI=1S/C17H18ClN3O4/c1-10-5-11(2)7-12(6-10)9-25-17(24)20-3-4-21-13(8-20)14(18)15(19-21)16(22)23/h5-7H,3-4,8-9H2,1-2H3,(H,22,23). The molecule has 0 fully saturated rings. The molecule has 1 amide bonds. The summed E-state index contributed by atoms with van der Waals surface area (Å²) in [5.74, 6) is -1.18. The number of rotatable bonds is 3. The second kappa shape index (κ2) is 6.76. The van der Waals surface area contributed by atoms with Gasteiger partial charge in [-0.25, -0.2) is 9.59 Å². The lowest BCUT2D eigenvalue weighted by Crippen LogP contribution is -2.38. The Morgan fingerprint density at radius 2 is 1.92 bits per heavy atom. The second-order valence-electron chi connectivity index (χ2n) is 6.11.